The fourth-order valence-electron chi connectivity index (χ4n) is 5.94. The van der Waals surface area contributed by atoms with Gasteiger partial charge in [0.1, 0.15) is 11.5 Å². The van der Waals surface area contributed by atoms with Crippen LogP contribution in [-0.2, 0) is 5.41 Å². The van der Waals surface area contributed by atoms with Crippen LogP contribution in [0.25, 0.3) is 0 Å². The maximum atomic E-state index is 6.14. The number of benzene rings is 1. The molecule has 4 saturated carbocycles. The van der Waals surface area contributed by atoms with Crippen LogP contribution in [-0.4, -0.2) is 29.7 Å². The van der Waals surface area contributed by atoms with Gasteiger partial charge in [-0.25, -0.2) is 0 Å². The van der Waals surface area contributed by atoms with Crippen LogP contribution in [0.3, 0.4) is 0 Å². The Morgan fingerprint density at radius 2 is 1.64 bits per heavy atom. The minimum Gasteiger partial charge on any atom is -0.497 e. The van der Waals surface area contributed by atoms with E-state index in [0.29, 0.717) is 6.61 Å². The van der Waals surface area contributed by atoms with E-state index < -0.39 is 0 Å². The summed E-state index contributed by atoms with van der Waals surface area (Å²) < 4.78 is 17.1. The molecule has 5 nitrogen and oxygen atoms in total. The van der Waals surface area contributed by atoms with Gasteiger partial charge in [-0.05, 0) is 87.0 Å². The van der Waals surface area contributed by atoms with Crippen LogP contribution in [0.15, 0.2) is 33.9 Å². The second-order valence-corrected chi connectivity index (χ2v) is 9.84. The zero-order chi connectivity index (χ0) is 19.0. The van der Waals surface area contributed by atoms with Gasteiger partial charge in [0.15, 0.2) is 0 Å². The van der Waals surface area contributed by atoms with Crippen molar-refractivity contribution in [2.24, 2.45) is 17.8 Å². The molecular weight excluding hydrogens is 372 g/mol. The first kappa shape index (κ1) is 18.3. The molecule has 150 valence electrons. The van der Waals surface area contributed by atoms with Gasteiger partial charge in [0, 0.05) is 11.2 Å². The smallest absolute Gasteiger partial charge is 0.276 e. The normalized spacial score (nSPS) is 30.5. The first-order chi connectivity index (χ1) is 13.7. The fraction of sp³-hybridized carbons (Fsp3) is 0.636. The van der Waals surface area contributed by atoms with E-state index in [1.54, 1.807) is 18.9 Å². The maximum absolute atomic E-state index is 6.14. The Hall–Kier alpha value is -1.69. The number of hydrogen-bond acceptors (Lipinski definition) is 6. The highest BCUT2D eigenvalue weighted by Crippen LogP contribution is 2.60. The lowest BCUT2D eigenvalue weighted by molar-refractivity contribution is -0.0191. The first-order valence-electron chi connectivity index (χ1n) is 10.5. The van der Waals surface area contributed by atoms with Crippen molar-refractivity contribution in [1.29, 1.82) is 0 Å². The molecule has 0 N–H and O–H groups in total. The predicted octanol–water partition coefficient (Wildman–Crippen LogP) is 5.11. The third kappa shape index (κ3) is 3.63. The van der Waals surface area contributed by atoms with Crippen LogP contribution < -0.4 is 9.47 Å². The molecule has 1 aromatic carbocycles. The average molecular weight is 401 g/mol. The maximum Gasteiger partial charge on any atom is 0.276 e. The number of rotatable bonds is 8. The van der Waals surface area contributed by atoms with Gasteiger partial charge in [-0.2, -0.15) is 0 Å². The minimum absolute atomic E-state index is 0.192. The third-order valence-corrected chi connectivity index (χ3v) is 7.65. The van der Waals surface area contributed by atoms with Crippen LogP contribution in [0.5, 0.6) is 11.5 Å². The van der Waals surface area contributed by atoms with Crippen LogP contribution in [0, 0.1) is 17.8 Å². The van der Waals surface area contributed by atoms with Gasteiger partial charge in [-0.15, -0.1) is 10.2 Å². The lowest BCUT2D eigenvalue weighted by Gasteiger charge is -2.55. The highest BCUT2D eigenvalue weighted by atomic mass is 32.2. The van der Waals surface area contributed by atoms with Crippen LogP contribution in [0.2, 0.25) is 0 Å². The van der Waals surface area contributed by atoms with Crippen molar-refractivity contribution >= 4 is 11.8 Å². The zero-order valence-electron chi connectivity index (χ0n) is 16.4. The molecule has 4 aliphatic rings. The third-order valence-electron chi connectivity index (χ3n) is 6.74. The van der Waals surface area contributed by atoms with Crippen LogP contribution >= 0.6 is 11.8 Å². The molecule has 0 unspecified atom stereocenters. The van der Waals surface area contributed by atoms with E-state index in [-0.39, 0.29) is 5.41 Å². The van der Waals surface area contributed by atoms with E-state index in [4.69, 9.17) is 13.9 Å². The van der Waals surface area contributed by atoms with Gasteiger partial charge >= 0.3 is 0 Å². The van der Waals surface area contributed by atoms with Crippen LogP contribution in [0.1, 0.15) is 50.8 Å². The summed E-state index contributed by atoms with van der Waals surface area (Å²) in [5.74, 6) is 6.22. The Labute approximate surface area is 170 Å². The summed E-state index contributed by atoms with van der Waals surface area (Å²) in [5.41, 5.74) is 0.192. The Kier molecular flexibility index (Phi) is 4.99. The van der Waals surface area contributed by atoms with E-state index in [0.717, 1.165) is 52.5 Å². The molecule has 0 radical (unpaired) electrons. The molecule has 0 saturated heterocycles. The summed E-state index contributed by atoms with van der Waals surface area (Å²) in [6, 6.07) is 7.69. The average Bonchev–Trinajstić information content (AvgIpc) is 3.17. The van der Waals surface area contributed by atoms with Gasteiger partial charge in [0.25, 0.3) is 5.22 Å². The molecule has 6 heteroatoms. The van der Waals surface area contributed by atoms with Gasteiger partial charge in [0.05, 0.1) is 13.7 Å². The molecule has 0 aliphatic heterocycles. The van der Waals surface area contributed by atoms with E-state index >= 15 is 0 Å². The Balaban J connectivity index is 1.10. The van der Waals surface area contributed by atoms with Crippen molar-refractivity contribution in [3.05, 3.63) is 30.2 Å². The lowest BCUT2D eigenvalue weighted by Crippen LogP contribution is -2.48. The number of thioether (sulfide) groups is 1. The van der Waals surface area contributed by atoms with E-state index in [9.17, 15) is 0 Å². The number of aromatic nitrogens is 2. The van der Waals surface area contributed by atoms with Crippen molar-refractivity contribution in [1.82, 2.24) is 10.2 Å². The van der Waals surface area contributed by atoms with Crippen LogP contribution in [0.4, 0.5) is 0 Å². The predicted molar refractivity (Wildman–Crippen MR) is 108 cm³/mol. The Bertz CT molecular complexity index is 769. The summed E-state index contributed by atoms with van der Waals surface area (Å²) in [5, 5.41) is 9.55. The molecule has 2 aromatic rings. The lowest BCUT2D eigenvalue weighted by atomic mass is 9.49. The quantitative estimate of drug-likeness (QED) is 0.453. The molecule has 0 spiro atoms. The molecule has 1 heterocycles. The van der Waals surface area contributed by atoms with E-state index in [1.807, 2.05) is 24.3 Å². The monoisotopic (exact) mass is 400 g/mol. The Morgan fingerprint density at radius 3 is 2.29 bits per heavy atom. The van der Waals surface area contributed by atoms with E-state index in [2.05, 4.69) is 10.2 Å². The van der Waals surface area contributed by atoms with E-state index in [1.165, 1.54) is 38.5 Å². The summed E-state index contributed by atoms with van der Waals surface area (Å²) in [6.07, 6.45) is 9.03. The largest absolute Gasteiger partial charge is 0.497 e. The van der Waals surface area contributed by atoms with Gasteiger partial charge < -0.3 is 13.9 Å². The van der Waals surface area contributed by atoms with Crippen molar-refractivity contribution in [3.8, 4) is 11.5 Å². The standard InChI is InChI=1S/C22H28N2O3S/c1-25-18-3-5-19(6-4-18)26-7-2-8-28-21-24-23-20(27-21)22-12-15-9-16(13-22)11-17(10-15)14-22/h3-6,15-17H,2,7-14H2,1H3. The number of nitrogens with zero attached hydrogens (tertiary/aromatic N) is 2. The summed E-state index contributed by atoms with van der Waals surface area (Å²) in [4.78, 5) is 0. The van der Waals surface area contributed by atoms with Crippen molar-refractivity contribution in [2.45, 2.75) is 55.6 Å². The Morgan fingerprint density at radius 1 is 1.00 bits per heavy atom. The molecule has 28 heavy (non-hydrogen) atoms. The summed E-state index contributed by atoms with van der Waals surface area (Å²) in [6.45, 7) is 0.676. The second-order valence-electron chi connectivity index (χ2n) is 8.80. The number of methoxy groups -OCH3 is 1. The van der Waals surface area contributed by atoms with Gasteiger partial charge in [0.2, 0.25) is 5.89 Å². The highest BCUT2D eigenvalue weighted by Gasteiger charge is 2.54. The topological polar surface area (TPSA) is 57.4 Å². The molecular formula is C22H28N2O3S. The number of hydrogen-bond donors (Lipinski definition) is 0. The summed E-state index contributed by atoms with van der Waals surface area (Å²) >= 11 is 1.65. The van der Waals surface area contributed by atoms with Gasteiger partial charge in [-0.3, -0.25) is 0 Å². The second kappa shape index (κ2) is 7.62. The molecule has 0 amide bonds. The zero-order valence-corrected chi connectivity index (χ0v) is 17.2. The first-order valence-corrected chi connectivity index (χ1v) is 11.4. The molecule has 4 aliphatic carbocycles. The molecule has 6 rings (SSSR count). The summed E-state index contributed by atoms with van der Waals surface area (Å²) in [7, 11) is 1.67. The molecule has 0 atom stereocenters. The number of ether oxygens (including phenoxy) is 2. The fourth-order valence-corrected chi connectivity index (χ4v) is 6.61. The SMILES string of the molecule is COc1ccc(OCCCSc2nnc(C34CC5CC(CC(C5)C3)C4)o2)cc1. The highest BCUT2D eigenvalue weighted by molar-refractivity contribution is 7.99. The van der Waals surface area contributed by atoms with Crippen molar-refractivity contribution in [3.63, 3.8) is 0 Å². The van der Waals surface area contributed by atoms with Crippen molar-refractivity contribution in [2.75, 3.05) is 19.5 Å². The molecule has 4 fully saturated rings. The van der Waals surface area contributed by atoms with Gasteiger partial charge in [-0.1, -0.05) is 11.8 Å². The molecule has 4 bridgehead atoms. The molecule has 1 aromatic heterocycles. The van der Waals surface area contributed by atoms with Crippen molar-refractivity contribution < 1.29 is 13.9 Å². The minimum atomic E-state index is 0.192.